The second kappa shape index (κ2) is 6.21. The van der Waals surface area contributed by atoms with Crippen LogP contribution >= 0.6 is 23.2 Å². The van der Waals surface area contributed by atoms with Gasteiger partial charge in [0.2, 0.25) is 10.0 Å². The number of halogens is 2. The van der Waals surface area contributed by atoms with Crippen LogP contribution in [-0.4, -0.2) is 39.2 Å². The molecule has 0 fully saturated rings. The highest BCUT2D eigenvalue weighted by Gasteiger charge is 2.39. The maximum Gasteiger partial charge on any atom is 0.413 e. The Labute approximate surface area is 137 Å². The smallest absolute Gasteiger partial charge is 0.413 e. The van der Waals surface area contributed by atoms with E-state index in [2.05, 4.69) is 4.72 Å². The fourth-order valence-electron chi connectivity index (χ4n) is 2.49. The number of nitrogens with one attached hydrogen (secondary N) is 1. The normalized spacial score (nSPS) is 21.5. The molecule has 1 heterocycles. The molecule has 0 aromatic heterocycles. The highest BCUT2D eigenvalue weighted by molar-refractivity contribution is 7.88. The predicted molar refractivity (Wildman–Crippen MR) is 83.1 cm³/mol. The molecule has 0 saturated carbocycles. The quantitative estimate of drug-likeness (QED) is 0.853. The summed E-state index contributed by atoms with van der Waals surface area (Å²) in [5, 5.41) is 9.83. The monoisotopic (exact) mass is 368 g/mol. The van der Waals surface area contributed by atoms with E-state index in [4.69, 9.17) is 27.9 Å². The third-order valence-electron chi connectivity index (χ3n) is 3.24. The van der Waals surface area contributed by atoms with Gasteiger partial charge in [-0.2, -0.15) is 0 Å². The van der Waals surface area contributed by atoms with Crippen LogP contribution in [-0.2, 0) is 14.8 Å². The minimum absolute atomic E-state index is 0.0875. The first-order valence-electron chi connectivity index (χ1n) is 6.15. The van der Waals surface area contributed by atoms with E-state index in [1.165, 1.54) is 19.2 Å². The van der Waals surface area contributed by atoms with E-state index in [-0.39, 0.29) is 22.2 Å². The molecule has 122 valence electrons. The van der Waals surface area contributed by atoms with Crippen molar-refractivity contribution in [2.45, 2.75) is 18.7 Å². The summed E-state index contributed by atoms with van der Waals surface area (Å²) in [5.41, 5.74) is 0.552. The van der Waals surface area contributed by atoms with Crippen molar-refractivity contribution in [1.82, 2.24) is 4.72 Å². The molecule has 22 heavy (non-hydrogen) atoms. The summed E-state index contributed by atoms with van der Waals surface area (Å²) in [6.45, 7) is 0. The van der Waals surface area contributed by atoms with E-state index in [0.29, 0.717) is 5.56 Å². The number of hydrogen-bond acceptors (Lipinski definition) is 4. The number of fused-ring (bicyclic) bond motifs is 1. The maximum absolute atomic E-state index is 11.5. The molecule has 1 aliphatic rings. The zero-order valence-corrected chi connectivity index (χ0v) is 14.0. The zero-order valence-electron chi connectivity index (χ0n) is 11.7. The van der Waals surface area contributed by atoms with Crippen molar-refractivity contribution in [3.05, 3.63) is 27.7 Å². The van der Waals surface area contributed by atoms with Crippen LogP contribution in [0.1, 0.15) is 18.0 Å². The van der Waals surface area contributed by atoms with E-state index in [1.807, 2.05) is 0 Å². The molecular formula is C12H14Cl2N2O5S. The first kappa shape index (κ1) is 17.3. The summed E-state index contributed by atoms with van der Waals surface area (Å²) >= 11 is 12.1. The highest BCUT2D eigenvalue weighted by Crippen LogP contribution is 2.43. The SMILES string of the molecule is CO[C@H]1C[C@H](NS(C)(=O)=O)c2c(Cl)cc(Cl)cc2N1C(=O)O. The summed E-state index contributed by atoms with van der Waals surface area (Å²) in [7, 11) is -2.18. The topological polar surface area (TPSA) is 95.9 Å². The molecule has 0 radical (unpaired) electrons. The number of amides is 1. The van der Waals surface area contributed by atoms with Crippen LogP contribution in [0.15, 0.2) is 12.1 Å². The lowest BCUT2D eigenvalue weighted by atomic mass is 9.96. The van der Waals surface area contributed by atoms with E-state index >= 15 is 0 Å². The Morgan fingerprint density at radius 3 is 2.59 bits per heavy atom. The molecule has 0 saturated heterocycles. The minimum Gasteiger partial charge on any atom is -0.465 e. The highest BCUT2D eigenvalue weighted by atomic mass is 35.5. The van der Waals surface area contributed by atoms with Crippen molar-refractivity contribution in [3.63, 3.8) is 0 Å². The van der Waals surface area contributed by atoms with E-state index in [1.54, 1.807) is 0 Å². The molecule has 10 heteroatoms. The molecule has 2 rings (SSSR count). The lowest BCUT2D eigenvalue weighted by Crippen LogP contribution is -2.48. The van der Waals surface area contributed by atoms with Gasteiger partial charge in [-0.15, -0.1) is 0 Å². The molecule has 0 unspecified atom stereocenters. The second-order valence-electron chi connectivity index (χ2n) is 4.84. The van der Waals surface area contributed by atoms with Gasteiger partial charge in [0.1, 0.15) is 6.23 Å². The van der Waals surface area contributed by atoms with E-state index in [9.17, 15) is 18.3 Å². The fraction of sp³-hybridized carbons (Fsp3) is 0.417. The van der Waals surface area contributed by atoms with Gasteiger partial charge in [-0.3, -0.25) is 4.90 Å². The maximum atomic E-state index is 11.5. The van der Waals surface area contributed by atoms with Crippen molar-refractivity contribution in [1.29, 1.82) is 0 Å². The molecule has 2 atom stereocenters. The molecule has 1 aromatic rings. The number of nitrogens with zero attached hydrogens (tertiary/aromatic N) is 1. The molecular weight excluding hydrogens is 355 g/mol. The molecule has 1 aromatic carbocycles. The summed E-state index contributed by atoms with van der Waals surface area (Å²) in [6, 6.07) is 2.14. The summed E-state index contributed by atoms with van der Waals surface area (Å²) < 4.78 is 30.7. The number of hydrogen-bond donors (Lipinski definition) is 2. The standard InChI is InChI=1S/C12H14Cl2N2O5S/c1-21-10-5-8(15-22(2,19)20)11-7(14)3-6(13)4-9(11)16(10)12(17)18/h3-4,8,10,15H,5H2,1-2H3,(H,17,18)/t8-,10-/m0/s1. The Kier molecular flexibility index (Phi) is 4.88. The van der Waals surface area contributed by atoms with Crippen molar-refractivity contribution in [2.24, 2.45) is 0 Å². The number of sulfonamides is 1. The van der Waals surface area contributed by atoms with Crippen molar-refractivity contribution < 1.29 is 23.1 Å². The Balaban J connectivity index is 2.64. The number of ether oxygens (including phenoxy) is 1. The minimum atomic E-state index is -3.53. The molecule has 2 N–H and O–H groups in total. The van der Waals surface area contributed by atoms with Crippen LogP contribution in [0.5, 0.6) is 0 Å². The van der Waals surface area contributed by atoms with Crippen LogP contribution in [0.25, 0.3) is 0 Å². The average molecular weight is 369 g/mol. The van der Waals surface area contributed by atoms with Gasteiger partial charge in [0.15, 0.2) is 0 Å². The second-order valence-corrected chi connectivity index (χ2v) is 7.47. The number of carbonyl (C=O) groups is 1. The molecule has 0 bridgehead atoms. The Morgan fingerprint density at radius 1 is 1.45 bits per heavy atom. The predicted octanol–water partition coefficient (Wildman–Crippen LogP) is 2.44. The van der Waals surface area contributed by atoms with Crippen molar-refractivity contribution in [2.75, 3.05) is 18.3 Å². The van der Waals surface area contributed by atoms with Gasteiger partial charge in [-0.25, -0.2) is 17.9 Å². The summed E-state index contributed by atoms with van der Waals surface area (Å²) in [5.74, 6) is 0. The van der Waals surface area contributed by atoms with Crippen LogP contribution in [0.4, 0.5) is 10.5 Å². The third kappa shape index (κ3) is 3.47. The average Bonchev–Trinajstić information content (AvgIpc) is 2.34. The van der Waals surface area contributed by atoms with Gasteiger partial charge >= 0.3 is 6.09 Å². The Morgan fingerprint density at radius 2 is 2.09 bits per heavy atom. The molecule has 1 amide bonds. The Hall–Kier alpha value is -1.06. The van der Waals surface area contributed by atoms with Crippen LogP contribution in [0.2, 0.25) is 10.0 Å². The molecule has 7 nitrogen and oxygen atoms in total. The van der Waals surface area contributed by atoms with Crippen molar-refractivity contribution >= 4 is 45.0 Å². The van der Waals surface area contributed by atoms with E-state index in [0.717, 1.165) is 11.2 Å². The fourth-order valence-corrected chi connectivity index (χ4v) is 3.83. The number of benzene rings is 1. The molecule has 0 spiro atoms. The summed E-state index contributed by atoms with van der Waals surface area (Å²) in [4.78, 5) is 12.5. The third-order valence-corrected chi connectivity index (χ3v) is 4.48. The van der Waals surface area contributed by atoms with Gasteiger partial charge in [0, 0.05) is 29.1 Å². The van der Waals surface area contributed by atoms with Gasteiger partial charge in [0.25, 0.3) is 0 Å². The van der Waals surface area contributed by atoms with Crippen molar-refractivity contribution in [3.8, 4) is 0 Å². The Bertz CT molecular complexity index is 710. The number of methoxy groups -OCH3 is 1. The number of carboxylic acid groups (broad SMARTS) is 1. The lowest BCUT2D eigenvalue weighted by molar-refractivity contribution is 0.0767. The van der Waals surface area contributed by atoms with Gasteiger partial charge in [-0.05, 0) is 12.1 Å². The van der Waals surface area contributed by atoms with Crippen LogP contribution in [0, 0.1) is 0 Å². The number of anilines is 1. The van der Waals surface area contributed by atoms with Gasteiger partial charge in [0.05, 0.1) is 18.0 Å². The van der Waals surface area contributed by atoms with Gasteiger partial charge in [-0.1, -0.05) is 23.2 Å². The number of rotatable bonds is 3. The van der Waals surface area contributed by atoms with Crippen LogP contribution < -0.4 is 9.62 Å². The summed E-state index contributed by atoms with van der Waals surface area (Å²) in [6.07, 6.45) is -1.01. The largest absolute Gasteiger partial charge is 0.465 e. The van der Waals surface area contributed by atoms with E-state index < -0.39 is 28.4 Å². The lowest BCUT2D eigenvalue weighted by Gasteiger charge is -2.38. The molecule has 1 aliphatic heterocycles. The zero-order chi connectivity index (χ0) is 16.7. The molecule has 0 aliphatic carbocycles. The first-order valence-corrected chi connectivity index (χ1v) is 8.80. The van der Waals surface area contributed by atoms with Crippen LogP contribution in [0.3, 0.4) is 0 Å². The first-order chi connectivity index (χ1) is 10.1. The van der Waals surface area contributed by atoms with Gasteiger partial charge < -0.3 is 9.84 Å².